The first kappa shape index (κ1) is 14.7. The number of carbonyl (C=O) groups excluding carboxylic acids is 1. The van der Waals surface area contributed by atoms with Crippen LogP contribution in [-0.4, -0.2) is 30.1 Å². The standard InChI is InChI=1S/C16H18N2O3/c1-18(10-11-5-3-4-6-15(11)19)16(20)12-7-13(17)9-14(8-12)21-2/h3-9,19H,10,17H2,1-2H3. The number of amides is 1. The van der Waals surface area contributed by atoms with Gasteiger partial charge in [0.1, 0.15) is 11.5 Å². The number of benzene rings is 2. The molecule has 1 amide bonds. The summed E-state index contributed by atoms with van der Waals surface area (Å²) in [5.74, 6) is 0.514. The lowest BCUT2D eigenvalue weighted by Crippen LogP contribution is -2.26. The van der Waals surface area contributed by atoms with Crippen molar-refractivity contribution in [2.45, 2.75) is 6.54 Å². The number of aromatic hydroxyl groups is 1. The van der Waals surface area contributed by atoms with Gasteiger partial charge >= 0.3 is 0 Å². The van der Waals surface area contributed by atoms with Crippen molar-refractivity contribution in [3.8, 4) is 11.5 Å². The average molecular weight is 286 g/mol. The van der Waals surface area contributed by atoms with Crippen LogP contribution >= 0.6 is 0 Å². The molecular formula is C16H18N2O3. The summed E-state index contributed by atoms with van der Waals surface area (Å²) in [6.07, 6.45) is 0. The molecule has 0 saturated heterocycles. The molecule has 0 heterocycles. The number of phenols is 1. The Balaban J connectivity index is 2.20. The van der Waals surface area contributed by atoms with Crippen LogP contribution in [0.25, 0.3) is 0 Å². The second-order valence-corrected chi connectivity index (χ2v) is 4.78. The smallest absolute Gasteiger partial charge is 0.254 e. The fraction of sp³-hybridized carbons (Fsp3) is 0.188. The van der Waals surface area contributed by atoms with Gasteiger partial charge in [0, 0.05) is 36.5 Å². The van der Waals surface area contributed by atoms with Gasteiger partial charge in [-0.25, -0.2) is 0 Å². The zero-order chi connectivity index (χ0) is 15.4. The molecule has 5 heteroatoms. The molecule has 0 aliphatic rings. The fourth-order valence-electron chi connectivity index (χ4n) is 2.06. The average Bonchev–Trinajstić information content (AvgIpc) is 2.48. The summed E-state index contributed by atoms with van der Waals surface area (Å²) in [6.45, 7) is 0.308. The molecule has 0 fully saturated rings. The number of para-hydroxylation sites is 1. The van der Waals surface area contributed by atoms with Crippen LogP contribution in [0.4, 0.5) is 5.69 Å². The molecule has 0 unspecified atom stereocenters. The van der Waals surface area contributed by atoms with Crippen LogP contribution in [0.2, 0.25) is 0 Å². The Morgan fingerprint density at radius 2 is 2.00 bits per heavy atom. The first-order valence-corrected chi connectivity index (χ1v) is 6.48. The van der Waals surface area contributed by atoms with E-state index < -0.39 is 0 Å². The molecule has 2 aromatic rings. The summed E-state index contributed by atoms with van der Waals surface area (Å²) in [4.78, 5) is 13.9. The number of methoxy groups -OCH3 is 1. The van der Waals surface area contributed by atoms with Crippen LogP contribution in [0.3, 0.4) is 0 Å². The maximum Gasteiger partial charge on any atom is 0.254 e. The van der Waals surface area contributed by atoms with E-state index in [9.17, 15) is 9.90 Å². The van der Waals surface area contributed by atoms with Gasteiger partial charge in [-0.3, -0.25) is 4.79 Å². The molecule has 5 nitrogen and oxygen atoms in total. The fourth-order valence-corrected chi connectivity index (χ4v) is 2.06. The zero-order valence-electron chi connectivity index (χ0n) is 12.0. The highest BCUT2D eigenvalue weighted by Crippen LogP contribution is 2.21. The van der Waals surface area contributed by atoms with Crippen molar-refractivity contribution in [3.63, 3.8) is 0 Å². The number of nitrogen functional groups attached to an aromatic ring is 1. The van der Waals surface area contributed by atoms with Crippen molar-refractivity contribution in [2.75, 3.05) is 19.9 Å². The number of nitrogens with zero attached hydrogens (tertiary/aromatic N) is 1. The Morgan fingerprint density at radius 1 is 1.29 bits per heavy atom. The minimum atomic E-state index is -0.191. The molecule has 0 aliphatic heterocycles. The molecule has 21 heavy (non-hydrogen) atoms. The summed E-state index contributed by atoms with van der Waals surface area (Å²) in [7, 11) is 3.19. The van der Waals surface area contributed by atoms with Crippen LogP contribution < -0.4 is 10.5 Å². The van der Waals surface area contributed by atoms with E-state index in [2.05, 4.69) is 0 Å². The number of rotatable bonds is 4. The SMILES string of the molecule is COc1cc(N)cc(C(=O)N(C)Cc2ccccc2O)c1. The van der Waals surface area contributed by atoms with E-state index in [0.717, 1.165) is 0 Å². The maximum atomic E-state index is 12.4. The summed E-state index contributed by atoms with van der Waals surface area (Å²) in [5.41, 5.74) is 7.36. The van der Waals surface area contributed by atoms with Crippen molar-refractivity contribution in [1.82, 2.24) is 4.90 Å². The second-order valence-electron chi connectivity index (χ2n) is 4.78. The van der Waals surface area contributed by atoms with Gasteiger partial charge in [-0.15, -0.1) is 0 Å². The van der Waals surface area contributed by atoms with Crippen molar-refractivity contribution < 1.29 is 14.6 Å². The molecule has 0 atom stereocenters. The Hall–Kier alpha value is -2.69. The minimum absolute atomic E-state index is 0.169. The summed E-state index contributed by atoms with van der Waals surface area (Å²) >= 11 is 0. The molecule has 2 aromatic carbocycles. The van der Waals surface area contributed by atoms with Crippen molar-refractivity contribution >= 4 is 11.6 Å². The molecule has 0 saturated carbocycles. The number of hydrogen-bond donors (Lipinski definition) is 2. The largest absolute Gasteiger partial charge is 0.508 e. The number of hydrogen-bond acceptors (Lipinski definition) is 4. The molecule has 0 spiro atoms. The summed E-state index contributed by atoms with van der Waals surface area (Å²) < 4.78 is 5.11. The third kappa shape index (κ3) is 3.45. The van der Waals surface area contributed by atoms with Gasteiger partial charge < -0.3 is 20.5 Å². The van der Waals surface area contributed by atoms with E-state index >= 15 is 0 Å². The molecular weight excluding hydrogens is 268 g/mol. The van der Waals surface area contributed by atoms with Crippen molar-refractivity contribution in [2.24, 2.45) is 0 Å². The lowest BCUT2D eigenvalue weighted by Gasteiger charge is -2.18. The number of anilines is 1. The van der Waals surface area contributed by atoms with E-state index in [0.29, 0.717) is 29.1 Å². The quantitative estimate of drug-likeness (QED) is 0.845. The zero-order valence-corrected chi connectivity index (χ0v) is 12.0. The number of carbonyl (C=O) groups is 1. The molecule has 2 rings (SSSR count). The van der Waals surface area contributed by atoms with Crippen LogP contribution in [0.1, 0.15) is 15.9 Å². The Bertz CT molecular complexity index is 656. The molecule has 0 radical (unpaired) electrons. The van der Waals surface area contributed by atoms with Gasteiger partial charge in [0.05, 0.1) is 7.11 Å². The number of phenolic OH excluding ortho intramolecular Hbond substituents is 1. The van der Waals surface area contributed by atoms with Gasteiger partial charge in [0.2, 0.25) is 0 Å². The van der Waals surface area contributed by atoms with E-state index in [1.54, 1.807) is 43.4 Å². The topological polar surface area (TPSA) is 75.8 Å². The Labute approximate surface area is 123 Å². The van der Waals surface area contributed by atoms with Crippen molar-refractivity contribution in [1.29, 1.82) is 0 Å². The Kier molecular flexibility index (Phi) is 4.33. The highest BCUT2D eigenvalue weighted by Gasteiger charge is 2.15. The van der Waals surface area contributed by atoms with E-state index in [-0.39, 0.29) is 11.7 Å². The normalized spacial score (nSPS) is 10.2. The minimum Gasteiger partial charge on any atom is -0.508 e. The van der Waals surface area contributed by atoms with Crippen LogP contribution in [-0.2, 0) is 6.54 Å². The van der Waals surface area contributed by atoms with Crippen LogP contribution in [0, 0.1) is 0 Å². The van der Waals surface area contributed by atoms with Crippen LogP contribution in [0.5, 0.6) is 11.5 Å². The van der Waals surface area contributed by atoms with E-state index in [1.165, 1.54) is 12.0 Å². The van der Waals surface area contributed by atoms with Gasteiger partial charge in [-0.05, 0) is 18.2 Å². The maximum absolute atomic E-state index is 12.4. The highest BCUT2D eigenvalue weighted by molar-refractivity contribution is 5.95. The Morgan fingerprint density at radius 3 is 2.67 bits per heavy atom. The summed E-state index contributed by atoms with van der Waals surface area (Å²) in [5, 5.41) is 9.76. The lowest BCUT2D eigenvalue weighted by atomic mass is 10.1. The molecule has 0 aliphatic carbocycles. The summed E-state index contributed by atoms with van der Waals surface area (Å²) in [6, 6.07) is 11.8. The molecule has 0 bridgehead atoms. The molecule has 0 aromatic heterocycles. The van der Waals surface area contributed by atoms with Gasteiger partial charge in [-0.2, -0.15) is 0 Å². The first-order valence-electron chi connectivity index (χ1n) is 6.48. The van der Waals surface area contributed by atoms with Crippen molar-refractivity contribution in [3.05, 3.63) is 53.6 Å². The third-order valence-corrected chi connectivity index (χ3v) is 3.16. The monoisotopic (exact) mass is 286 g/mol. The second kappa shape index (κ2) is 6.17. The molecule has 3 N–H and O–H groups in total. The van der Waals surface area contributed by atoms with Crippen LogP contribution in [0.15, 0.2) is 42.5 Å². The highest BCUT2D eigenvalue weighted by atomic mass is 16.5. The predicted octanol–water partition coefficient (Wildman–Crippen LogP) is 2.26. The number of ether oxygens (including phenoxy) is 1. The van der Waals surface area contributed by atoms with Gasteiger partial charge in [0.25, 0.3) is 5.91 Å². The van der Waals surface area contributed by atoms with E-state index in [1.807, 2.05) is 6.07 Å². The predicted molar refractivity (Wildman–Crippen MR) is 81.3 cm³/mol. The molecule has 110 valence electrons. The lowest BCUT2D eigenvalue weighted by molar-refractivity contribution is 0.0784. The third-order valence-electron chi connectivity index (χ3n) is 3.16. The van der Waals surface area contributed by atoms with Gasteiger partial charge in [-0.1, -0.05) is 18.2 Å². The van der Waals surface area contributed by atoms with E-state index in [4.69, 9.17) is 10.5 Å². The first-order chi connectivity index (χ1) is 10.0. The number of nitrogens with two attached hydrogens (primary N) is 1. The van der Waals surface area contributed by atoms with Gasteiger partial charge in [0.15, 0.2) is 0 Å².